The summed E-state index contributed by atoms with van der Waals surface area (Å²) in [5, 5.41) is 0. The molecule has 1 aromatic carbocycles. The van der Waals surface area contributed by atoms with Gasteiger partial charge in [0.1, 0.15) is 0 Å². The van der Waals surface area contributed by atoms with Gasteiger partial charge in [-0.15, -0.1) is 0 Å². The van der Waals surface area contributed by atoms with Gasteiger partial charge < -0.3 is 9.47 Å². The molecular weight excluding hydrogens is 354 g/mol. The van der Waals surface area contributed by atoms with Crippen LogP contribution in [0.25, 0.3) is 0 Å². The Labute approximate surface area is 147 Å². The van der Waals surface area contributed by atoms with Crippen molar-refractivity contribution in [3.63, 3.8) is 0 Å². The number of piperidine rings is 1. The third-order valence-electron chi connectivity index (χ3n) is 4.19. The molecule has 0 saturated carbocycles. The van der Waals surface area contributed by atoms with Crippen molar-refractivity contribution in [2.45, 2.75) is 32.9 Å². The van der Waals surface area contributed by atoms with Gasteiger partial charge in [0, 0.05) is 26.7 Å². The number of hydrogen-bond acceptors (Lipinski definition) is 4. The van der Waals surface area contributed by atoms with E-state index in [0.717, 1.165) is 12.8 Å². The van der Waals surface area contributed by atoms with Gasteiger partial charge in [-0.2, -0.15) is 25.8 Å². The first kappa shape index (κ1) is 19.9. The van der Waals surface area contributed by atoms with Crippen LogP contribution in [0.2, 0.25) is 0 Å². The van der Waals surface area contributed by atoms with Crippen molar-refractivity contribution >= 4 is 10.2 Å². The molecule has 6 nitrogen and oxygen atoms in total. The van der Waals surface area contributed by atoms with Crippen molar-refractivity contribution in [1.29, 1.82) is 0 Å². The van der Waals surface area contributed by atoms with Gasteiger partial charge in [0.15, 0.2) is 11.5 Å². The minimum absolute atomic E-state index is 0.0524. The van der Waals surface area contributed by atoms with Crippen LogP contribution in [0, 0.1) is 5.92 Å². The minimum Gasteiger partial charge on any atom is -0.493 e. The first-order chi connectivity index (χ1) is 11.7. The summed E-state index contributed by atoms with van der Waals surface area (Å²) in [7, 11) is -0.771. The van der Waals surface area contributed by atoms with Gasteiger partial charge in [0.05, 0.1) is 7.11 Å². The maximum atomic E-state index is 12.7. The molecule has 0 radical (unpaired) electrons. The van der Waals surface area contributed by atoms with E-state index >= 15 is 0 Å². The lowest BCUT2D eigenvalue weighted by Crippen LogP contribution is -2.45. The Hall–Kier alpha value is -1.45. The number of hydrogen-bond donors (Lipinski definition) is 0. The molecule has 25 heavy (non-hydrogen) atoms. The fourth-order valence-corrected chi connectivity index (χ4v) is 4.41. The van der Waals surface area contributed by atoms with E-state index in [0.29, 0.717) is 24.6 Å². The van der Waals surface area contributed by atoms with Gasteiger partial charge in [0.2, 0.25) is 0 Å². The number of halogens is 2. The van der Waals surface area contributed by atoms with Crippen molar-refractivity contribution in [3.8, 4) is 11.5 Å². The molecule has 1 aromatic rings. The predicted molar refractivity (Wildman–Crippen MR) is 90.0 cm³/mol. The fourth-order valence-electron chi connectivity index (χ4n) is 2.90. The number of rotatable bonds is 7. The summed E-state index contributed by atoms with van der Waals surface area (Å²) in [4.78, 5) is 0. The lowest BCUT2D eigenvalue weighted by Gasteiger charge is -2.33. The molecule has 1 fully saturated rings. The zero-order valence-electron chi connectivity index (χ0n) is 14.6. The summed E-state index contributed by atoms with van der Waals surface area (Å²) in [6.07, 6.45) is 1.85. The molecule has 9 heteroatoms. The van der Waals surface area contributed by atoms with Gasteiger partial charge in [-0.05, 0) is 36.5 Å². The van der Waals surface area contributed by atoms with E-state index in [-0.39, 0.29) is 18.0 Å². The second kappa shape index (κ2) is 8.29. The van der Waals surface area contributed by atoms with Crippen molar-refractivity contribution in [3.05, 3.63) is 23.8 Å². The summed E-state index contributed by atoms with van der Waals surface area (Å²) in [5.41, 5.74) is 0.535. The Morgan fingerprint density at radius 1 is 1.36 bits per heavy atom. The monoisotopic (exact) mass is 378 g/mol. The highest BCUT2D eigenvalue weighted by Gasteiger charge is 2.30. The van der Waals surface area contributed by atoms with Gasteiger partial charge >= 0.3 is 6.61 Å². The molecule has 0 aliphatic carbocycles. The van der Waals surface area contributed by atoms with Crippen LogP contribution in [0.1, 0.15) is 25.3 Å². The third-order valence-corrected chi connectivity index (χ3v) is 6.09. The summed E-state index contributed by atoms with van der Waals surface area (Å²) in [5.74, 6) is 0.371. The lowest BCUT2D eigenvalue weighted by atomic mass is 10.0. The SMILES string of the molecule is COc1ccc(CN(C)S(=O)(=O)N2CCC[C@H](C)C2)cc1OC(F)F. The molecule has 1 saturated heterocycles. The molecule has 0 unspecified atom stereocenters. The zero-order chi connectivity index (χ0) is 18.6. The molecule has 1 aliphatic rings. The quantitative estimate of drug-likeness (QED) is 0.732. The largest absolute Gasteiger partial charge is 0.493 e. The van der Waals surface area contributed by atoms with Crippen molar-refractivity contribution in [1.82, 2.24) is 8.61 Å². The van der Waals surface area contributed by atoms with Crippen LogP contribution < -0.4 is 9.47 Å². The van der Waals surface area contributed by atoms with Crippen LogP contribution in [-0.2, 0) is 16.8 Å². The van der Waals surface area contributed by atoms with E-state index in [1.807, 2.05) is 6.92 Å². The normalized spacial score (nSPS) is 19.4. The van der Waals surface area contributed by atoms with Crippen molar-refractivity contribution < 1.29 is 26.7 Å². The molecule has 2 rings (SSSR count). The molecule has 0 spiro atoms. The molecule has 0 amide bonds. The highest BCUT2D eigenvalue weighted by atomic mass is 32.2. The standard InChI is InChI=1S/C16H24F2N2O4S/c1-12-5-4-8-20(10-12)25(21,22)19(2)11-13-6-7-14(23-3)15(9-13)24-16(17)18/h6-7,9,12,16H,4-5,8,10-11H2,1-3H3/t12-/m0/s1. The Kier molecular flexibility index (Phi) is 6.59. The summed E-state index contributed by atoms with van der Waals surface area (Å²) >= 11 is 0. The van der Waals surface area contributed by atoms with Crippen LogP contribution in [0.5, 0.6) is 11.5 Å². The number of benzene rings is 1. The Balaban J connectivity index is 2.14. The van der Waals surface area contributed by atoms with Crippen LogP contribution in [0.15, 0.2) is 18.2 Å². The zero-order valence-corrected chi connectivity index (χ0v) is 15.4. The first-order valence-electron chi connectivity index (χ1n) is 8.07. The molecule has 1 aliphatic heterocycles. The van der Waals surface area contributed by atoms with Crippen LogP contribution >= 0.6 is 0 Å². The molecule has 0 aromatic heterocycles. The third kappa shape index (κ3) is 5.02. The van der Waals surface area contributed by atoms with E-state index < -0.39 is 16.8 Å². The van der Waals surface area contributed by atoms with Crippen LogP contribution in [0.4, 0.5) is 8.78 Å². The Bertz CT molecular complexity index is 685. The maximum Gasteiger partial charge on any atom is 0.387 e. The minimum atomic E-state index is -3.60. The van der Waals surface area contributed by atoms with E-state index in [1.165, 1.54) is 34.9 Å². The van der Waals surface area contributed by atoms with Crippen molar-refractivity contribution in [2.24, 2.45) is 5.92 Å². The topological polar surface area (TPSA) is 59.1 Å². The molecule has 1 heterocycles. The average Bonchev–Trinajstić information content (AvgIpc) is 2.54. The molecule has 0 N–H and O–H groups in total. The van der Waals surface area contributed by atoms with Crippen LogP contribution in [-0.4, -0.2) is 50.9 Å². The van der Waals surface area contributed by atoms with Gasteiger partial charge in [0.25, 0.3) is 10.2 Å². The second-order valence-corrected chi connectivity index (χ2v) is 8.27. The fraction of sp³-hybridized carbons (Fsp3) is 0.625. The lowest BCUT2D eigenvalue weighted by molar-refractivity contribution is -0.0512. The van der Waals surface area contributed by atoms with Gasteiger partial charge in [-0.3, -0.25) is 0 Å². The number of nitrogens with zero attached hydrogens (tertiary/aromatic N) is 2. The Morgan fingerprint density at radius 2 is 2.08 bits per heavy atom. The smallest absolute Gasteiger partial charge is 0.387 e. The molecular formula is C16H24F2N2O4S. The van der Waals surface area contributed by atoms with Crippen molar-refractivity contribution in [2.75, 3.05) is 27.2 Å². The first-order valence-corrected chi connectivity index (χ1v) is 9.47. The summed E-state index contributed by atoms with van der Waals surface area (Å²) < 4.78 is 62.5. The second-order valence-electron chi connectivity index (χ2n) is 6.23. The maximum absolute atomic E-state index is 12.7. The summed E-state index contributed by atoms with van der Waals surface area (Å²) in [6, 6.07) is 4.48. The molecule has 142 valence electrons. The van der Waals surface area contributed by atoms with Crippen LogP contribution in [0.3, 0.4) is 0 Å². The van der Waals surface area contributed by atoms with Gasteiger partial charge in [-0.25, -0.2) is 0 Å². The number of alkyl halides is 2. The van der Waals surface area contributed by atoms with E-state index in [1.54, 1.807) is 6.07 Å². The Morgan fingerprint density at radius 3 is 2.68 bits per heavy atom. The van der Waals surface area contributed by atoms with E-state index in [9.17, 15) is 17.2 Å². The van der Waals surface area contributed by atoms with Gasteiger partial charge in [-0.1, -0.05) is 13.0 Å². The number of ether oxygens (including phenoxy) is 2. The number of methoxy groups -OCH3 is 1. The predicted octanol–water partition coefficient (Wildman–Crippen LogP) is 2.71. The highest BCUT2D eigenvalue weighted by molar-refractivity contribution is 7.86. The van der Waals surface area contributed by atoms with E-state index in [4.69, 9.17) is 4.74 Å². The van der Waals surface area contributed by atoms with E-state index in [2.05, 4.69) is 4.74 Å². The molecule has 0 bridgehead atoms. The summed E-state index contributed by atoms with van der Waals surface area (Å²) in [6.45, 7) is 0.0880. The average molecular weight is 378 g/mol. The highest BCUT2D eigenvalue weighted by Crippen LogP contribution is 2.30. The molecule has 1 atom stereocenters.